The molecule has 0 spiro atoms. The molecule has 150 valence electrons. The Balaban J connectivity index is 1.23. The van der Waals surface area contributed by atoms with E-state index in [1.165, 1.54) is 12.8 Å². The molecule has 7 heteroatoms. The van der Waals surface area contributed by atoms with Gasteiger partial charge in [-0.15, -0.1) is 0 Å². The molecule has 4 rings (SSSR count). The number of benzene rings is 1. The van der Waals surface area contributed by atoms with Crippen LogP contribution in [0.25, 0.3) is 0 Å². The predicted molar refractivity (Wildman–Crippen MR) is 111 cm³/mol. The van der Waals surface area contributed by atoms with Crippen LogP contribution in [0.3, 0.4) is 0 Å². The van der Waals surface area contributed by atoms with Gasteiger partial charge in [0.2, 0.25) is 5.88 Å². The minimum absolute atomic E-state index is 0.247. The third-order valence-corrected chi connectivity index (χ3v) is 5.02. The molecule has 0 bridgehead atoms. The van der Waals surface area contributed by atoms with Gasteiger partial charge in [-0.1, -0.05) is 22.0 Å². The second kappa shape index (κ2) is 9.13. The first-order valence-corrected chi connectivity index (χ1v) is 10.3. The lowest BCUT2D eigenvalue weighted by Crippen LogP contribution is -2.22. The summed E-state index contributed by atoms with van der Waals surface area (Å²) >= 11 is 3.38. The molecule has 0 unspecified atom stereocenters. The summed E-state index contributed by atoms with van der Waals surface area (Å²) in [5.74, 6) is 2.58. The van der Waals surface area contributed by atoms with Crippen LogP contribution in [0.4, 0.5) is 0 Å². The number of aromatic nitrogens is 1. The Labute approximate surface area is 177 Å². The third-order valence-electron chi connectivity index (χ3n) is 4.49. The molecule has 6 nitrogen and oxygen atoms in total. The van der Waals surface area contributed by atoms with Crippen LogP contribution >= 0.6 is 15.9 Å². The van der Waals surface area contributed by atoms with Crippen LogP contribution in [0.15, 0.2) is 63.6 Å². The molecule has 3 aromatic rings. The van der Waals surface area contributed by atoms with Crippen molar-refractivity contribution in [2.75, 3.05) is 6.61 Å². The average Bonchev–Trinajstić information content (AvgIpc) is 3.46. The second-order valence-corrected chi connectivity index (χ2v) is 7.87. The van der Waals surface area contributed by atoms with Crippen LogP contribution in [0.1, 0.15) is 34.7 Å². The maximum atomic E-state index is 12.3. The summed E-state index contributed by atoms with van der Waals surface area (Å²) in [6.07, 6.45) is 4.20. The fourth-order valence-corrected chi connectivity index (χ4v) is 2.89. The molecular formula is C22H21BrN2O4. The standard InChI is InChI=1S/C22H21BrN2O4/c23-17-4-6-18(7-5-17)27-14-19-8-9-20(29-19)22(26)25-12-16-3-10-21(24-11-16)28-13-15-1-2-15/h3-11,15H,1-2,12-14H2,(H,25,26). The molecule has 0 radical (unpaired) electrons. The molecule has 2 aromatic heterocycles. The number of hydrogen-bond donors (Lipinski definition) is 1. The number of hydrogen-bond acceptors (Lipinski definition) is 5. The maximum absolute atomic E-state index is 12.3. The van der Waals surface area contributed by atoms with Crippen molar-refractivity contribution in [1.29, 1.82) is 0 Å². The Morgan fingerprint density at radius 2 is 1.93 bits per heavy atom. The number of furan rings is 1. The highest BCUT2D eigenvalue weighted by atomic mass is 79.9. The van der Waals surface area contributed by atoms with Crippen molar-refractivity contribution in [3.8, 4) is 11.6 Å². The van der Waals surface area contributed by atoms with Gasteiger partial charge in [-0.05, 0) is 60.7 Å². The molecule has 1 aliphatic rings. The van der Waals surface area contributed by atoms with Gasteiger partial charge >= 0.3 is 0 Å². The van der Waals surface area contributed by atoms with Gasteiger partial charge in [0.1, 0.15) is 18.1 Å². The van der Waals surface area contributed by atoms with E-state index >= 15 is 0 Å². The van der Waals surface area contributed by atoms with E-state index in [9.17, 15) is 4.79 Å². The molecule has 29 heavy (non-hydrogen) atoms. The molecule has 0 atom stereocenters. The number of carbonyl (C=O) groups excluding carboxylic acids is 1. The van der Waals surface area contributed by atoms with Gasteiger partial charge in [0.15, 0.2) is 5.76 Å². The van der Waals surface area contributed by atoms with Crippen LogP contribution in [-0.4, -0.2) is 17.5 Å². The van der Waals surface area contributed by atoms with E-state index in [1.54, 1.807) is 18.3 Å². The van der Waals surface area contributed by atoms with Crippen LogP contribution in [-0.2, 0) is 13.2 Å². The zero-order valence-electron chi connectivity index (χ0n) is 15.8. The summed E-state index contributed by atoms with van der Waals surface area (Å²) in [4.78, 5) is 16.6. The summed E-state index contributed by atoms with van der Waals surface area (Å²) in [6, 6.07) is 14.6. The highest BCUT2D eigenvalue weighted by Gasteiger charge is 2.22. The molecule has 0 saturated heterocycles. The fraction of sp³-hybridized carbons (Fsp3) is 0.273. The smallest absolute Gasteiger partial charge is 0.287 e. The first kappa shape index (κ1) is 19.5. The first-order chi connectivity index (χ1) is 14.2. The van der Waals surface area contributed by atoms with Gasteiger partial charge in [0.25, 0.3) is 5.91 Å². The molecule has 2 heterocycles. The van der Waals surface area contributed by atoms with Crippen molar-refractivity contribution in [3.63, 3.8) is 0 Å². The van der Waals surface area contributed by atoms with Crippen LogP contribution in [0.2, 0.25) is 0 Å². The Kier molecular flexibility index (Phi) is 6.14. The van der Waals surface area contributed by atoms with E-state index in [0.29, 0.717) is 24.1 Å². The number of nitrogens with zero attached hydrogens (tertiary/aromatic N) is 1. The number of ether oxygens (including phenoxy) is 2. The van der Waals surface area contributed by atoms with Crippen molar-refractivity contribution in [2.45, 2.75) is 26.0 Å². The molecule has 1 saturated carbocycles. The maximum Gasteiger partial charge on any atom is 0.287 e. The van der Waals surface area contributed by atoms with Gasteiger partial charge in [0.05, 0.1) is 6.61 Å². The van der Waals surface area contributed by atoms with Crippen LogP contribution in [0, 0.1) is 5.92 Å². The number of rotatable bonds is 9. The Hall–Kier alpha value is -2.80. The molecule has 1 amide bonds. The lowest BCUT2D eigenvalue weighted by molar-refractivity contribution is 0.0919. The van der Waals surface area contributed by atoms with Gasteiger partial charge in [0, 0.05) is 23.3 Å². The number of nitrogens with one attached hydrogen (secondary N) is 1. The van der Waals surface area contributed by atoms with Crippen LogP contribution in [0.5, 0.6) is 11.6 Å². The van der Waals surface area contributed by atoms with Gasteiger partial charge in [-0.25, -0.2) is 4.98 Å². The Morgan fingerprint density at radius 3 is 2.66 bits per heavy atom. The zero-order valence-corrected chi connectivity index (χ0v) is 17.4. The highest BCUT2D eigenvalue weighted by molar-refractivity contribution is 9.10. The molecule has 0 aliphatic heterocycles. The van der Waals surface area contributed by atoms with E-state index in [2.05, 4.69) is 26.2 Å². The van der Waals surface area contributed by atoms with E-state index in [4.69, 9.17) is 13.9 Å². The quantitative estimate of drug-likeness (QED) is 0.503. The van der Waals surface area contributed by atoms with Crippen molar-refractivity contribution in [2.24, 2.45) is 5.92 Å². The lowest BCUT2D eigenvalue weighted by Gasteiger charge is -2.06. The summed E-state index contributed by atoms with van der Waals surface area (Å²) in [7, 11) is 0. The number of pyridine rings is 1. The van der Waals surface area contributed by atoms with E-state index in [0.717, 1.165) is 22.4 Å². The third kappa shape index (κ3) is 5.84. The molecule has 1 N–H and O–H groups in total. The Bertz CT molecular complexity index is 950. The minimum atomic E-state index is -0.283. The summed E-state index contributed by atoms with van der Waals surface area (Å²) in [6.45, 7) is 1.34. The first-order valence-electron chi connectivity index (χ1n) is 9.49. The predicted octanol–water partition coefficient (Wildman–Crippen LogP) is 4.73. The van der Waals surface area contributed by atoms with E-state index in [-0.39, 0.29) is 18.3 Å². The van der Waals surface area contributed by atoms with Crippen molar-refractivity contribution >= 4 is 21.8 Å². The monoisotopic (exact) mass is 456 g/mol. The van der Waals surface area contributed by atoms with Crippen molar-refractivity contribution in [3.05, 3.63) is 76.3 Å². The molecule has 1 aromatic carbocycles. The average molecular weight is 457 g/mol. The Morgan fingerprint density at radius 1 is 1.10 bits per heavy atom. The van der Waals surface area contributed by atoms with Crippen LogP contribution < -0.4 is 14.8 Å². The second-order valence-electron chi connectivity index (χ2n) is 6.95. The minimum Gasteiger partial charge on any atom is -0.486 e. The number of halogens is 1. The normalized spacial score (nSPS) is 13.1. The van der Waals surface area contributed by atoms with Gasteiger partial charge < -0.3 is 19.2 Å². The molecule has 1 aliphatic carbocycles. The molecular weight excluding hydrogens is 436 g/mol. The summed E-state index contributed by atoms with van der Waals surface area (Å²) in [5.41, 5.74) is 0.891. The number of amides is 1. The zero-order chi connectivity index (χ0) is 20.1. The summed E-state index contributed by atoms with van der Waals surface area (Å²) in [5, 5.41) is 2.83. The van der Waals surface area contributed by atoms with Gasteiger partial charge in [-0.2, -0.15) is 0 Å². The summed E-state index contributed by atoms with van der Waals surface area (Å²) < 4.78 is 17.8. The van der Waals surface area contributed by atoms with Crippen molar-refractivity contribution < 1.29 is 18.7 Å². The number of carbonyl (C=O) groups is 1. The topological polar surface area (TPSA) is 73.6 Å². The highest BCUT2D eigenvalue weighted by Crippen LogP contribution is 2.29. The fourth-order valence-electron chi connectivity index (χ4n) is 2.62. The van der Waals surface area contributed by atoms with Gasteiger partial charge in [-0.3, -0.25) is 4.79 Å². The largest absolute Gasteiger partial charge is 0.486 e. The SMILES string of the molecule is O=C(NCc1ccc(OCC2CC2)nc1)c1ccc(COc2ccc(Br)cc2)o1. The van der Waals surface area contributed by atoms with E-state index < -0.39 is 0 Å². The van der Waals surface area contributed by atoms with Crippen molar-refractivity contribution in [1.82, 2.24) is 10.3 Å². The lowest BCUT2D eigenvalue weighted by atomic mass is 10.3. The molecule has 1 fully saturated rings. The van der Waals surface area contributed by atoms with E-state index in [1.807, 2.05) is 36.4 Å².